The van der Waals surface area contributed by atoms with Crippen LogP contribution < -0.4 is 25.0 Å². The number of aromatic nitrogens is 2. The average molecular weight is 500 g/mol. The lowest BCUT2D eigenvalue weighted by Gasteiger charge is -2.35. The van der Waals surface area contributed by atoms with Crippen LogP contribution in [0, 0.1) is 0 Å². The summed E-state index contributed by atoms with van der Waals surface area (Å²) in [4.78, 5) is 23.2. The highest BCUT2D eigenvalue weighted by Crippen LogP contribution is 2.40. The minimum absolute atomic E-state index is 0.0512. The normalized spacial score (nSPS) is 16.4. The summed E-state index contributed by atoms with van der Waals surface area (Å²) < 4.78 is 11.5. The number of hydrogen-bond acceptors (Lipinski definition) is 7. The molecule has 5 rings (SSSR count). The molecule has 0 fully saturated rings. The topological polar surface area (TPSA) is 88.6 Å². The Balaban J connectivity index is 1.43. The van der Waals surface area contributed by atoms with Crippen molar-refractivity contribution < 1.29 is 14.3 Å². The fourth-order valence-electron chi connectivity index (χ4n) is 4.47. The van der Waals surface area contributed by atoms with Gasteiger partial charge in [-0.3, -0.25) is 9.69 Å². The fourth-order valence-corrected chi connectivity index (χ4v) is 5.07. The number of halogens is 2. The minimum Gasteiger partial charge on any atom is -0.496 e. The van der Waals surface area contributed by atoms with E-state index in [1.807, 2.05) is 6.07 Å². The van der Waals surface area contributed by atoms with E-state index in [0.717, 1.165) is 30.1 Å². The smallest absolute Gasteiger partial charge is 0.268 e. The molecule has 1 aromatic heterocycles. The zero-order valence-corrected chi connectivity index (χ0v) is 20.4. The standard InChI is InChI=1S/C24H23Cl2N5O3/c1-24(2)11-27-9-13-7-14(8-18(33-3)19(13)24)29-23-28-10-15-21(30-23)34-12-31(22(15)32)20-16(25)5-4-6-17(20)26/h4-8,10,27H,9,11-12H2,1-3H3,(H,28,29,30). The lowest BCUT2D eigenvalue weighted by atomic mass is 9.78. The van der Waals surface area contributed by atoms with E-state index in [4.69, 9.17) is 32.7 Å². The summed E-state index contributed by atoms with van der Waals surface area (Å²) in [6, 6.07) is 9.03. The van der Waals surface area contributed by atoms with Crippen LogP contribution in [0.25, 0.3) is 0 Å². The number of para-hydroxylation sites is 1. The Labute approximate surface area is 207 Å². The first-order valence-electron chi connectivity index (χ1n) is 10.7. The number of ether oxygens (including phenoxy) is 2. The largest absolute Gasteiger partial charge is 0.496 e. The number of hydrogen-bond donors (Lipinski definition) is 2. The van der Waals surface area contributed by atoms with Crippen LogP contribution in [0.15, 0.2) is 36.5 Å². The highest BCUT2D eigenvalue weighted by molar-refractivity contribution is 6.40. The molecule has 0 aliphatic carbocycles. The van der Waals surface area contributed by atoms with Gasteiger partial charge in [-0.2, -0.15) is 4.98 Å². The van der Waals surface area contributed by atoms with Crippen LogP contribution in [-0.2, 0) is 12.0 Å². The average Bonchev–Trinajstić information content (AvgIpc) is 2.79. The van der Waals surface area contributed by atoms with Crippen molar-refractivity contribution in [3.63, 3.8) is 0 Å². The maximum absolute atomic E-state index is 13.1. The molecule has 3 aromatic rings. The Morgan fingerprint density at radius 3 is 2.74 bits per heavy atom. The molecule has 3 heterocycles. The van der Waals surface area contributed by atoms with Gasteiger partial charge in [0, 0.05) is 42.0 Å². The molecular weight excluding hydrogens is 477 g/mol. The number of carbonyl (C=O) groups excluding carboxylic acids is 1. The minimum atomic E-state index is -0.341. The van der Waals surface area contributed by atoms with Gasteiger partial charge in [0.25, 0.3) is 5.91 Å². The highest BCUT2D eigenvalue weighted by Gasteiger charge is 2.33. The van der Waals surface area contributed by atoms with Gasteiger partial charge in [-0.1, -0.05) is 43.1 Å². The molecular formula is C24H23Cl2N5O3. The van der Waals surface area contributed by atoms with E-state index in [1.54, 1.807) is 25.3 Å². The molecule has 1 amide bonds. The Hall–Kier alpha value is -3.07. The van der Waals surface area contributed by atoms with Gasteiger partial charge < -0.3 is 20.1 Å². The number of methoxy groups -OCH3 is 1. The predicted octanol–water partition coefficient (Wildman–Crippen LogP) is 4.91. The fraction of sp³-hybridized carbons (Fsp3) is 0.292. The number of nitrogens with one attached hydrogen (secondary N) is 2. The summed E-state index contributed by atoms with van der Waals surface area (Å²) in [5, 5.41) is 7.36. The molecule has 8 nitrogen and oxygen atoms in total. The van der Waals surface area contributed by atoms with E-state index >= 15 is 0 Å². The molecule has 2 aliphatic heterocycles. The molecule has 2 N–H and O–H groups in total. The molecule has 0 spiro atoms. The molecule has 0 atom stereocenters. The first kappa shape index (κ1) is 22.7. The Kier molecular flexibility index (Phi) is 5.75. The first-order chi connectivity index (χ1) is 16.3. The third kappa shape index (κ3) is 3.91. The van der Waals surface area contributed by atoms with Gasteiger partial charge in [0.05, 0.1) is 22.8 Å². The van der Waals surface area contributed by atoms with Crippen molar-refractivity contribution in [2.24, 2.45) is 0 Å². The number of rotatable bonds is 4. The van der Waals surface area contributed by atoms with Crippen LogP contribution in [-0.4, -0.2) is 36.3 Å². The molecule has 2 aromatic carbocycles. The van der Waals surface area contributed by atoms with E-state index in [1.165, 1.54) is 16.7 Å². The van der Waals surface area contributed by atoms with Gasteiger partial charge >= 0.3 is 0 Å². The number of fused-ring (bicyclic) bond motifs is 2. The number of anilines is 3. The van der Waals surface area contributed by atoms with Gasteiger partial charge in [-0.15, -0.1) is 0 Å². The molecule has 0 radical (unpaired) electrons. The molecule has 34 heavy (non-hydrogen) atoms. The molecule has 2 aliphatic rings. The van der Waals surface area contributed by atoms with Crippen LogP contribution in [0.3, 0.4) is 0 Å². The Morgan fingerprint density at radius 2 is 2.00 bits per heavy atom. The lowest BCUT2D eigenvalue weighted by Crippen LogP contribution is -2.39. The third-order valence-corrected chi connectivity index (χ3v) is 6.60. The summed E-state index contributed by atoms with van der Waals surface area (Å²) in [5.74, 6) is 0.963. The third-order valence-electron chi connectivity index (χ3n) is 5.99. The number of amides is 1. The second-order valence-corrected chi connectivity index (χ2v) is 9.63. The van der Waals surface area contributed by atoms with E-state index in [-0.39, 0.29) is 29.5 Å². The molecule has 0 unspecified atom stereocenters. The van der Waals surface area contributed by atoms with Crippen molar-refractivity contribution in [3.8, 4) is 11.6 Å². The van der Waals surface area contributed by atoms with Gasteiger partial charge in [0.1, 0.15) is 11.3 Å². The maximum atomic E-state index is 13.1. The van der Waals surface area contributed by atoms with Crippen LogP contribution in [0.4, 0.5) is 17.3 Å². The molecule has 0 saturated carbocycles. The SMILES string of the molecule is COc1cc(Nc2ncc3c(n2)OCN(c2c(Cl)cccc2Cl)C3=O)cc2c1C(C)(C)CNC2. The molecule has 0 bridgehead atoms. The van der Waals surface area contributed by atoms with Crippen molar-refractivity contribution in [2.45, 2.75) is 25.8 Å². The zero-order chi connectivity index (χ0) is 24.0. The van der Waals surface area contributed by atoms with Crippen LogP contribution in [0.5, 0.6) is 11.6 Å². The maximum Gasteiger partial charge on any atom is 0.268 e. The second kappa shape index (κ2) is 8.61. The number of benzene rings is 2. The predicted molar refractivity (Wildman–Crippen MR) is 132 cm³/mol. The van der Waals surface area contributed by atoms with Gasteiger partial charge in [0.2, 0.25) is 11.8 Å². The Bertz CT molecular complexity index is 1260. The van der Waals surface area contributed by atoms with E-state index in [2.05, 4.69) is 40.5 Å². The van der Waals surface area contributed by atoms with Crippen molar-refractivity contribution in [3.05, 3.63) is 63.3 Å². The molecule has 0 saturated heterocycles. The quantitative estimate of drug-likeness (QED) is 0.526. The van der Waals surface area contributed by atoms with Crippen molar-refractivity contribution >= 4 is 46.4 Å². The van der Waals surface area contributed by atoms with Gasteiger partial charge in [0.15, 0.2) is 6.73 Å². The molecule has 10 heteroatoms. The summed E-state index contributed by atoms with van der Waals surface area (Å²) in [5.41, 5.74) is 3.68. The highest BCUT2D eigenvalue weighted by atomic mass is 35.5. The number of carbonyl (C=O) groups is 1. The van der Waals surface area contributed by atoms with Crippen molar-refractivity contribution in [1.82, 2.24) is 15.3 Å². The summed E-state index contributed by atoms with van der Waals surface area (Å²) in [6.07, 6.45) is 1.43. The van der Waals surface area contributed by atoms with E-state index in [9.17, 15) is 4.79 Å². The summed E-state index contributed by atoms with van der Waals surface area (Å²) in [7, 11) is 1.67. The number of nitrogens with zero attached hydrogens (tertiary/aromatic N) is 3. The van der Waals surface area contributed by atoms with E-state index < -0.39 is 0 Å². The van der Waals surface area contributed by atoms with Gasteiger partial charge in [-0.25, -0.2) is 4.98 Å². The Morgan fingerprint density at radius 1 is 1.24 bits per heavy atom. The van der Waals surface area contributed by atoms with Crippen LogP contribution in [0.2, 0.25) is 10.0 Å². The second-order valence-electron chi connectivity index (χ2n) is 8.81. The summed E-state index contributed by atoms with van der Waals surface area (Å²) >= 11 is 12.5. The van der Waals surface area contributed by atoms with Crippen molar-refractivity contribution in [2.75, 3.05) is 30.6 Å². The van der Waals surface area contributed by atoms with E-state index in [0.29, 0.717) is 21.7 Å². The lowest BCUT2D eigenvalue weighted by molar-refractivity contribution is 0.0932. The molecule has 176 valence electrons. The van der Waals surface area contributed by atoms with Crippen LogP contribution in [0.1, 0.15) is 35.3 Å². The van der Waals surface area contributed by atoms with Gasteiger partial charge in [-0.05, 0) is 23.8 Å². The van der Waals surface area contributed by atoms with Crippen LogP contribution >= 0.6 is 23.2 Å². The van der Waals surface area contributed by atoms with Crippen molar-refractivity contribution in [1.29, 1.82) is 0 Å². The first-order valence-corrected chi connectivity index (χ1v) is 11.5. The monoisotopic (exact) mass is 499 g/mol. The summed E-state index contributed by atoms with van der Waals surface area (Å²) in [6.45, 7) is 5.92. The zero-order valence-electron chi connectivity index (χ0n) is 18.9.